The monoisotopic (exact) mass is 254 g/mol. The Kier molecular flexibility index (Phi) is 4.87. The molecule has 0 aromatic carbocycles. The maximum atomic E-state index is 12.2. The maximum absolute atomic E-state index is 12.2. The van der Waals surface area contributed by atoms with Crippen molar-refractivity contribution in [1.82, 2.24) is 10.2 Å². The van der Waals surface area contributed by atoms with E-state index in [0.717, 1.165) is 51.6 Å². The Morgan fingerprint density at radius 2 is 2.11 bits per heavy atom. The highest BCUT2D eigenvalue weighted by Gasteiger charge is 2.38. The minimum Gasteiger partial charge on any atom is -0.393 e. The lowest BCUT2D eigenvalue weighted by atomic mass is 9.88. The first-order valence-corrected chi connectivity index (χ1v) is 7.46. The molecule has 2 amide bonds. The summed E-state index contributed by atoms with van der Waals surface area (Å²) < 4.78 is 0. The SMILES string of the molecule is CCCNC(=O)N1CCCCC1C1CCCC1O. The quantitative estimate of drug-likeness (QED) is 0.810. The lowest BCUT2D eigenvalue weighted by Crippen LogP contribution is -2.52. The van der Waals surface area contributed by atoms with Gasteiger partial charge in [-0.25, -0.2) is 4.79 Å². The van der Waals surface area contributed by atoms with E-state index in [0.29, 0.717) is 5.92 Å². The molecule has 1 saturated carbocycles. The van der Waals surface area contributed by atoms with Crippen molar-refractivity contribution in [1.29, 1.82) is 0 Å². The number of urea groups is 1. The third-order valence-corrected chi connectivity index (χ3v) is 4.36. The molecule has 104 valence electrons. The number of likely N-dealkylation sites (tertiary alicyclic amines) is 1. The van der Waals surface area contributed by atoms with Crippen LogP contribution in [0.3, 0.4) is 0 Å². The van der Waals surface area contributed by atoms with Gasteiger partial charge in [-0.15, -0.1) is 0 Å². The van der Waals surface area contributed by atoms with Gasteiger partial charge in [0.2, 0.25) is 0 Å². The number of carbonyl (C=O) groups excluding carboxylic acids is 1. The molecule has 1 heterocycles. The van der Waals surface area contributed by atoms with Crippen LogP contribution < -0.4 is 5.32 Å². The molecule has 2 fully saturated rings. The van der Waals surface area contributed by atoms with Crippen LogP contribution in [0.2, 0.25) is 0 Å². The molecule has 1 aliphatic heterocycles. The fraction of sp³-hybridized carbons (Fsp3) is 0.929. The summed E-state index contributed by atoms with van der Waals surface area (Å²) in [5.74, 6) is 0.303. The van der Waals surface area contributed by atoms with Crippen molar-refractivity contribution in [3.8, 4) is 0 Å². The van der Waals surface area contributed by atoms with Crippen LogP contribution in [-0.2, 0) is 0 Å². The fourth-order valence-electron chi connectivity index (χ4n) is 3.41. The van der Waals surface area contributed by atoms with E-state index in [1.165, 1.54) is 6.42 Å². The van der Waals surface area contributed by atoms with Crippen LogP contribution in [-0.4, -0.2) is 41.3 Å². The van der Waals surface area contributed by atoms with Crippen molar-refractivity contribution in [2.45, 2.75) is 64.0 Å². The first-order chi connectivity index (χ1) is 8.74. The summed E-state index contributed by atoms with van der Waals surface area (Å²) in [6, 6.07) is 0.328. The zero-order valence-corrected chi connectivity index (χ0v) is 11.4. The Morgan fingerprint density at radius 1 is 1.28 bits per heavy atom. The molecular formula is C14H26N2O2. The molecule has 2 aliphatic rings. The zero-order chi connectivity index (χ0) is 13.0. The molecule has 3 unspecified atom stereocenters. The third-order valence-electron chi connectivity index (χ3n) is 4.36. The second kappa shape index (κ2) is 6.41. The first-order valence-electron chi connectivity index (χ1n) is 7.46. The summed E-state index contributed by atoms with van der Waals surface area (Å²) in [7, 11) is 0. The summed E-state index contributed by atoms with van der Waals surface area (Å²) in [6.07, 6.45) is 7.19. The van der Waals surface area contributed by atoms with Crippen LogP contribution in [0.5, 0.6) is 0 Å². The van der Waals surface area contributed by atoms with E-state index in [1.807, 2.05) is 4.90 Å². The van der Waals surface area contributed by atoms with Gasteiger partial charge in [-0.05, 0) is 38.5 Å². The number of nitrogens with zero attached hydrogens (tertiary/aromatic N) is 1. The minimum absolute atomic E-state index is 0.0700. The average Bonchev–Trinajstić information content (AvgIpc) is 2.82. The lowest BCUT2D eigenvalue weighted by molar-refractivity contribution is 0.0528. The molecule has 18 heavy (non-hydrogen) atoms. The van der Waals surface area contributed by atoms with Crippen LogP contribution >= 0.6 is 0 Å². The Labute approximate surface area is 110 Å². The zero-order valence-electron chi connectivity index (χ0n) is 11.4. The van der Waals surface area contributed by atoms with Crippen molar-refractivity contribution in [3.63, 3.8) is 0 Å². The first kappa shape index (κ1) is 13.7. The Bertz CT molecular complexity index is 283. The summed E-state index contributed by atoms with van der Waals surface area (Å²) in [4.78, 5) is 14.1. The molecule has 2 rings (SSSR count). The van der Waals surface area contributed by atoms with Gasteiger partial charge in [0.05, 0.1) is 6.10 Å². The van der Waals surface area contributed by atoms with E-state index in [2.05, 4.69) is 12.2 Å². The summed E-state index contributed by atoms with van der Waals surface area (Å²) in [6.45, 7) is 3.66. The number of rotatable bonds is 3. The summed E-state index contributed by atoms with van der Waals surface area (Å²) >= 11 is 0. The number of piperidine rings is 1. The Hall–Kier alpha value is -0.770. The lowest BCUT2D eigenvalue weighted by Gasteiger charge is -2.40. The van der Waals surface area contributed by atoms with Gasteiger partial charge >= 0.3 is 6.03 Å². The standard InChI is InChI=1S/C14H26N2O2/c1-2-9-15-14(18)16-10-4-3-7-12(16)11-6-5-8-13(11)17/h11-13,17H,2-10H2,1H3,(H,15,18). The van der Waals surface area contributed by atoms with E-state index in [-0.39, 0.29) is 18.2 Å². The van der Waals surface area contributed by atoms with Crippen LogP contribution in [0.4, 0.5) is 4.79 Å². The summed E-state index contributed by atoms with van der Waals surface area (Å²) in [5.41, 5.74) is 0. The second-order valence-electron chi connectivity index (χ2n) is 5.65. The van der Waals surface area contributed by atoms with Crippen LogP contribution in [0.15, 0.2) is 0 Å². The molecule has 4 heteroatoms. The highest BCUT2D eigenvalue weighted by molar-refractivity contribution is 5.74. The van der Waals surface area contributed by atoms with Gasteiger partial charge in [-0.3, -0.25) is 0 Å². The number of amides is 2. The van der Waals surface area contributed by atoms with Gasteiger partial charge in [0.1, 0.15) is 0 Å². The van der Waals surface area contributed by atoms with Crippen molar-refractivity contribution in [2.24, 2.45) is 5.92 Å². The van der Waals surface area contributed by atoms with Crippen LogP contribution in [0.1, 0.15) is 51.9 Å². The Balaban J connectivity index is 1.98. The predicted octanol–water partition coefficient (Wildman–Crippen LogP) is 2.12. The van der Waals surface area contributed by atoms with Crippen molar-refractivity contribution < 1.29 is 9.90 Å². The predicted molar refractivity (Wildman–Crippen MR) is 71.4 cm³/mol. The van der Waals surface area contributed by atoms with Gasteiger partial charge in [-0.2, -0.15) is 0 Å². The molecule has 1 saturated heterocycles. The van der Waals surface area contributed by atoms with Gasteiger partial charge in [0, 0.05) is 25.0 Å². The average molecular weight is 254 g/mol. The maximum Gasteiger partial charge on any atom is 0.317 e. The van der Waals surface area contributed by atoms with E-state index in [4.69, 9.17) is 0 Å². The van der Waals surface area contributed by atoms with Gasteiger partial charge in [-0.1, -0.05) is 13.3 Å². The number of hydrogen-bond acceptors (Lipinski definition) is 2. The molecule has 3 atom stereocenters. The molecular weight excluding hydrogens is 228 g/mol. The molecule has 2 N–H and O–H groups in total. The normalized spacial score (nSPS) is 32.6. The third kappa shape index (κ3) is 2.97. The van der Waals surface area contributed by atoms with Crippen molar-refractivity contribution in [3.05, 3.63) is 0 Å². The number of nitrogens with one attached hydrogen (secondary N) is 1. The van der Waals surface area contributed by atoms with Gasteiger partial charge in [0.25, 0.3) is 0 Å². The largest absolute Gasteiger partial charge is 0.393 e. The van der Waals surface area contributed by atoms with Crippen LogP contribution in [0.25, 0.3) is 0 Å². The molecule has 0 bridgehead atoms. The molecule has 0 aromatic heterocycles. The smallest absolute Gasteiger partial charge is 0.317 e. The number of hydrogen-bond donors (Lipinski definition) is 2. The van der Waals surface area contributed by atoms with Gasteiger partial charge in [0.15, 0.2) is 0 Å². The topological polar surface area (TPSA) is 52.6 Å². The molecule has 0 aromatic rings. The summed E-state index contributed by atoms with van der Waals surface area (Å²) in [5, 5.41) is 13.0. The second-order valence-corrected chi connectivity index (χ2v) is 5.65. The van der Waals surface area contributed by atoms with E-state index >= 15 is 0 Å². The highest BCUT2D eigenvalue weighted by Crippen LogP contribution is 2.35. The molecule has 0 spiro atoms. The fourth-order valence-corrected chi connectivity index (χ4v) is 3.41. The highest BCUT2D eigenvalue weighted by atomic mass is 16.3. The van der Waals surface area contributed by atoms with E-state index < -0.39 is 0 Å². The van der Waals surface area contributed by atoms with E-state index in [1.54, 1.807) is 0 Å². The van der Waals surface area contributed by atoms with Crippen LogP contribution in [0, 0.1) is 5.92 Å². The number of aliphatic hydroxyl groups excluding tert-OH is 1. The van der Waals surface area contributed by atoms with E-state index in [9.17, 15) is 9.90 Å². The van der Waals surface area contributed by atoms with Crippen molar-refractivity contribution in [2.75, 3.05) is 13.1 Å². The number of aliphatic hydroxyl groups is 1. The molecule has 0 radical (unpaired) electrons. The molecule has 1 aliphatic carbocycles. The van der Waals surface area contributed by atoms with Gasteiger partial charge < -0.3 is 15.3 Å². The Morgan fingerprint density at radius 3 is 2.78 bits per heavy atom. The number of carbonyl (C=O) groups is 1. The van der Waals surface area contributed by atoms with Crippen molar-refractivity contribution >= 4 is 6.03 Å². The molecule has 4 nitrogen and oxygen atoms in total. The minimum atomic E-state index is -0.199.